The molecule has 7 heteroatoms. The van der Waals surface area contributed by atoms with Gasteiger partial charge in [0.25, 0.3) is 5.91 Å². The van der Waals surface area contributed by atoms with Crippen molar-refractivity contribution in [2.24, 2.45) is 0 Å². The van der Waals surface area contributed by atoms with Gasteiger partial charge in [-0.25, -0.2) is 4.98 Å². The second-order valence-electron chi connectivity index (χ2n) is 8.13. The Morgan fingerprint density at radius 2 is 1.88 bits per heavy atom. The molecule has 0 radical (unpaired) electrons. The lowest BCUT2D eigenvalue weighted by Gasteiger charge is -2.12. The molecule has 0 aliphatic heterocycles. The predicted octanol–water partition coefficient (Wildman–Crippen LogP) is 4.40. The van der Waals surface area contributed by atoms with Gasteiger partial charge in [-0.2, -0.15) is 5.10 Å². The van der Waals surface area contributed by atoms with Crippen LogP contribution < -0.4 is 10.1 Å². The molecule has 5 aromatic rings. The SMILES string of the molecule is Cc1cccn2cc(COc3cccc(C(=O)NCc4ccccc4Cn4cccn4)c3)nc12. The van der Waals surface area contributed by atoms with Crippen LogP contribution in [0.15, 0.2) is 91.5 Å². The maximum absolute atomic E-state index is 12.8. The Kier molecular flexibility index (Phi) is 6.07. The van der Waals surface area contributed by atoms with Gasteiger partial charge < -0.3 is 14.5 Å². The first-order valence-corrected chi connectivity index (χ1v) is 11.1. The van der Waals surface area contributed by atoms with E-state index < -0.39 is 0 Å². The third-order valence-corrected chi connectivity index (χ3v) is 5.66. The molecule has 0 spiro atoms. The van der Waals surface area contributed by atoms with Gasteiger partial charge in [0.1, 0.15) is 18.0 Å². The van der Waals surface area contributed by atoms with E-state index in [1.165, 1.54) is 0 Å². The smallest absolute Gasteiger partial charge is 0.251 e. The summed E-state index contributed by atoms with van der Waals surface area (Å²) in [5.41, 5.74) is 5.58. The second kappa shape index (κ2) is 9.62. The summed E-state index contributed by atoms with van der Waals surface area (Å²) in [6.07, 6.45) is 7.61. The molecule has 170 valence electrons. The lowest BCUT2D eigenvalue weighted by atomic mass is 10.1. The molecule has 1 amide bonds. The molecule has 2 aromatic carbocycles. The average Bonchev–Trinajstić information content (AvgIpc) is 3.53. The number of aromatic nitrogens is 4. The zero-order valence-corrected chi connectivity index (χ0v) is 18.9. The Bertz CT molecular complexity index is 1420. The van der Waals surface area contributed by atoms with Gasteiger partial charge in [-0.15, -0.1) is 0 Å². The van der Waals surface area contributed by atoms with Gasteiger partial charge in [-0.3, -0.25) is 9.48 Å². The fourth-order valence-electron chi connectivity index (χ4n) is 3.89. The van der Waals surface area contributed by atoms with Crippen molar-refractivity contribution in [2.45, 2.75) is 26.6 Å². The second-order valence-corrected chi connectivity index (χ2v) is 8.13. The zero-order chi connectivity index (χ0) is 23.3. The summed E-state index contributed by atoms with van der Waals surface area (Å²) in [5, 5.41) is 7.29. The van der Waals surface area contributed by atoms with Gasteiger partial charge in [-0.05, 0) is 53.9 Å². The fraction of sp³-hybridized carbons (Fsp3) is 0.148. The standard InChI is InChI=1S/C27H25N5O2/c1-20-7-5-13-31-18-24(30-26(20)31)19-34-25-11-4-10-21(15-25)27(33)28-16-22-8-2-3-9-23(22)17-32-14-6-12-29-32/h2-15,18H,16-17,19H2,1H3,(H,28,33). The maximum Gasteiger partial charge on any atom is 0.251 e. The summed E-state index contributed by atoms with van der Waals surface area (Å²) in [6, 6.07) is 21.2. The molecular formula is C27H25N5O2. The molecular weight excluding hydrogens is 426 g/mol. The van der Waals surface area contributed by atoms with Crippen LogP contribution in [-0.4, -0.2) is 25.1 Å². The molecule has 34 heavy (non-hydrogen) atoms. The van der Waals surface area contributed by atoms with Crippen LogP contribution in [0.3, 0.4) is 0 Å². The Hall–Kier alpha value is -4.39. The summed E-state index contributed by atoms with van der Waals surface area (Å²) in [7, 11) is 0. The van der Waals surface area contributed by atoms with E-state index >= 15 is 0 Å². The number of carbonyl (C=O) groups excluding carboxylic acids is 1. The Morgan fingerprint density at radius 3 is 2.71 bits per heavy atom. The zero-order valence-electron chi connectivity index (χ0n) is 18.9. The summed E-state index contributed by atoms with van der Waals surface area (Å²) >= 11 is 0. The molecule has 0 bridgehead atoms. The van der Waals surface area contributed by atoms with Crippen molar-refractivity contribution in [1.82, 2.24) is 24.5 Å². The van der Waals surface area contributed by atoms with Crippen LogP contribution in [-0.2, 0) is 19.7 Å². The molecule has 0 saturated heterocycles. The Morgan fingerprint density at radius 1 is 1.00 bits per heavy atom. The molecule has 0 saturated carbocycles. The minimum Gasteiger partial charge on any atom is -0.487 e. The number of hydrogen-bond acceptors (Lipinski definition) is 4. The van der Waals surface area contributed by atoms with Crippen molar-refractivity contribution in [1.29, 1.82) is 0 Å². The number of rotatable bonds is 8. The van der Waals surface area contributed by atoms with E-state index in [0.29, 0.717) is 31.0 Å². The van der Waals surface area contributed by atoms with Gasteiger partial charge in [0.2, 0.25) is 0 Å². The van der Waals surface area contributed by atoms with Crippen LogP contribution in [0.4, 0.5) is 0 Å². The van der Waals surface area contributed by atoms with Gasteiger partial charge in [-0.1, -0.05) is 36.4 Å². The van der Waals surface area contributed by atoms with Crippen LogP contribution in [0.25, 0.3) is 5.65 Å². The molecule has 3 heterocycles. The molecule has 0 aliphatic carbocycles. The number of aryl methyl sites for hydroxylation is 1. The average molecular weight is 452 g/mol. The van der Waals surface area contributed by atoms with Crippen molar-refractivity contribution in [3.05, 3.63) is 119 Å². The lowest BCUT2D eigenvalue weighted by Crippen LogP contribution is -2.23. The first kappa shape index (κ1) is 21.5. The van der Waals surface area contributed by atoms with E-state index in [1.54, 1.807) is 18.3 Å². The number of imidazole rings is 1. The molecule has 0 unspecified atom stereocenters. The number of pyridine rings is 1. The molecule has 0 aliphatic rings. The number of amides is 1. The third kappa shape index (κ3) is 4.83. The number of nitrogens with one attached hydrogen (secondary N) is 1. The van der Waals surface area contributed by atoms with E-state index in [-0.39, 0.29) is 5.91 Å². The van der Waals surface area contributed by atoms with Gasteiger partial charge >= 0.3 is 0 Å². The number of benzene rings is 2. The molecule has 3 aromatic heterocycles. The minimum atomic E-state index is -0.150. The summed E-state index contributed by atoms with van der Waals surface area (Å²) in [5.74, 6) is 0.475. The topological polar surface area (TPSA) is 73.5 Å². The van der Waals surface area contributed by atoms with Crippen LogP contribution >= 0.6 is 0 Å². The summed E-state index contributed by atoms with van der Waals surface area (Å²) in [6.45, 7) is 3.45. The van der Waals surface area contributed by atoms with Crippen molar-refractivity contribution >= 4 is 11.6 Å². The van der Waals surface area contributed by atoms with Crippen molar-refractivity contribution in [2.75, 3.05) is 0 Å². The van der Waals surface area contributed by atoms with E-state index in [9.17, 15) is 4.79 Å². The Balaban J connectivity index is 1.22. The van der Waals surface area contributed by atoms with Crippen molar-refractivity contribution < 1.29 is 9.53 Å². The van der Waals surface area contributed by atoms with Gasteiger partial charge in [0, 0.05) is 36.9 Å². The van der Waals surface area contributed by atoms with Crippen molar-refractivity contribution in [3.63, 3.8) is 0 Å². The van der Waals surface area contributed by atoms with E-state index in [0.717, 1.165) is 28.0 Å². The highest BCUT2D eigenvalue weighted by Crippen LogP contribution is 2.17. The first-order valence-electron chi connectivity index (χ1n) is 11.1. The van der Waals surface area contributed by atoms with E-state index in [1.807, 2.05) is 83.1 Å². The quantitative estimate of drug-likeness (QED) is 0.380. The number of carbonyl (C=O) groups is 1. The fourth-order valence-corrected chi connectivity index (χ4v) is 3.89. The highest BCUT2D eigenvalue weighted by molar-refractivity contribution is 5.94. The molecule has 0 atom stereocenters. The summed E-state index contributed by atoms with van der Waals surface area (Å²) in [4.78, 5) is 17.5. The summed E-state index contributed by atoms with van der Waals surface area (Å²) < 4.78 is 9.78. The van der Waals surface area contributed by atoms with Gasteiger partial charge in [0.05, 0.1) is 12.2 Å². The molecule has 7 nitrogen and oxygen atoms in total. The lowest BCUT2D eigenvalue weighted by molar-refractivity contribution is 0.0950. The molecule has 1 N–H and O–H groups in total. The maximum atomic E-state index is 12.8. The number of fused-ring (bicyclic) bond motifs is 1. The predicted molar refractivity (Wildman–Crippen MR) is 130 cm³/mol. The molecule has 0 fully saturated rings. The first-order chi connectivity index (χ1) is 16.7. The Labute approximate surface area is 197 Å². The van der Waals surface area contributed by atoms with Crippen LogP contribution in [0.1, 0.15) is 32.7 Å². The van der Waals surface area contributed by atoms with E-state index in [2.05, 4.69) is 21.5 Å². The van der Waals surface area contributed by atoms with Crippen molar-refractivity contribution in [3.8, 4) is 5.75 Å². The normalized spacial score (nSPS) is 11.0. The van der Waals surface area contributed by atoms with E-state index in [4.69, 9.17) is 4.74 Å². The van der Waals surface area contributed by atoms with Crippen LogP contribution in [0.2, 0.25) is 0 Å². The highest BCUT2D eigenvalue weighted by Gasteiger charge is 2.10. The molecule has 5 rings (SSSR count). The number of nitrogens with zero attached hydrogens (tertiary/aromatic N) is 4. The largest absolute Gasteiger partial charge is 0.487 e. The van der Waals surface area contributed by atoms with Crippen LogP contribution in [0.5, 0.6) is 5.75 Å². The number of ether oxygens (including phenoxy) is 1. The van der Waals surface area contributed by atoms with Crippen LogP contribution in [0, 0.1) is 6.92 Å². The minimum absolute atomic E-state index is 0.150. The monoisotopic (exact) mass is 451 g/mol. The third-order valence-electron chi connectivity index (χ3n) is 5.66. The number of hydrogen-bond donors (Lipinski definition) is 1. The highest BCUT2D eigenvalue weighted by atomic mass is 16.5. The van der Waals surface area contributed by atoms with Gasteiger partial charge in [0.15, 0.2) is 0 Å².